The molecule has 4 rings (SSSR count). The zero-order chi connectivity index (χ0) is 19.3. The molecule has 1 atom stereocenters. The van der Waals surface area contributed by atoms with Crippen LogP contribution in [-0.2, 0) is 24.3 Å². The van der Waals surface area contributed by atoms with Crippen molar-refractivity contribution in [2.75, 3.05) is 6.54 Å². The highest BCUT2D eigenvalue weighted by Gasteiger charge is 2.20. The van der Waals surface area contributed by atoms with E-state index in [1.54, 1.807) is 6.26 Å². The minimum absolute atomic E-state index is 0.116. The van der Waals surface area contributed by atoms with Gasteiger partial charge in [0.25, 0.3) is 0 Å². The van der Waals surface area contributed by atoms with Gasteiger partial charge in [0.05, 0.1) is 18.3 Å². The van der Waals surface area contributed by atoms with E-state index >= 15 is 0 Å². The number of benzene rings is 2. The fraction of sp³-hybridized carbons (Fsp3) is 0.304. The number of allylic oxidation sites excluding steroid dienone is 1. The van der Waals surface area contributed by atoms with Gasteiger partial charge in [-0.05, 0) is 55.1 Å². The molecular weight excluding hydrogens is 355 g/mol. The zero-order valence-electron chi connectivity index (χ0n) is 15.8. The lowest BCUT2D eigenvalue weighted by Crippen LogP contribution is -2.19. The second kappa shape index (κ2) is 8.48. The van der Waals surface area contributed by atoms with Crippen LogP contribution in [0.5, 0.6) is 5.75 Å². The van der Waals surface area contributed by atoms with Gasteiger partial charge in [0.2, 0.25) is 0 Å². The summed E-state index contributed by atoms with van der Waals surface area (Å²) < 4.78 is 28.5. The molecule has 0 spiro atoms. The summed E-state index contributed by atoms with van der Waals surface area (Å²) in [6.07, 6.45) is 8.64. The van der Waals surface area contributed by atoms with Crippen LogP contribution >= 0.6 is 0 Å². The van der Waals surface area contributed by atoms with Gasteiger partial charge in [-0.2, -0.15) is 0 Å². The zero-order valence-corrected chi connectivity index (χ0v) is 15.8. The average molecular weight is 380 g/mol. The Morgan fingerprint density at radius 3 is 2.79 bits per heavy atom. The van der Waals surface area contributed by atoms with Crippen molar-refractivity contribution in [3.8, 4) is 5.75 Å². The molecule has 0 aliphatic carbocycles. The molecule has 0 amide bonds. The number of hydrogen-bond donors (Lipinski definition) is 1. The third kappa shape index (κ3) is 3.90. The third-order valence-corrected chi connectivity index (χ3v) is 5.09. The summed E-state index contributed by atoms with van der Waals surface area (Å²) in [7, 11) is 0. The van der Waals surface area contributed by atoms with Gasteiger partial charge in [0.15, 0.2) is 11.6 Å². The minimum atomic E-state index is -0.351. The lowest BCUT2D eigenvalue weighted by atomic mass is 10.1. The molecule has 2 heterocycles. The number of hydrogen-bond acceptors (Lipinski definition) is 3. The van der Waals surface area contributed by atoms with Crippen LogP contribution in [0.4, 0.5) is 4.39 Å². The number of nitrogens with two attached hydrogens (primary N) is 1. The maximum atomic E-state index is 14.7. The number of ether oxygens (including phenoxy) is 2. The van der Waals surface area contributed by atoms with Crippen molar-refractivity contribution in [2.24, 2.45) is 5.73 Å². The van der Waals surface area contributed by atoms with Crippen LogP contribution in [0.15, 0.2) is 61.0 Å². The van der Waals surface area contributed by atoms with Gasteiger partial charge in [0.1, 0.15) is 12.7 Å². The van der Waals surface area contributed by atoms with Crippen LogP contribution in [0.1, 0.15) is 24.0 Å². The molecule has 0 fully saturated rings. The topological polar surface area (TPSA) is 49.4 Å². The van der Waals surface area contributed by atoms with Gasteiger partial charge in [-0.3, -0.25) is 0 Å². The predicted molar refractivity (Wildman–Crippen MR) is 109 cm³/mol. The first-order chi connectivity index (χ1) is 13.8. The smallest absolute Gasteiger partial charge is 0.165 e. The second-order valence-corrected chi connectivity index (χ2v) is 7.10. The Hall–Kier alpha value is -2.79. The number of fused-ring (bicyclic) bond motifs is 1. The van der Waals surface area contributed by atoms with E-state index in [0.717, 1.165) is 41.4 Å². The van der Waals surface area contributed by atoms with Gasteiger partial charge >= 0.3 is 0 Å². The summed E-state index contributed by atoms with van der Waals surface area (Å²) in [6, 6.07) is 13.1. The number of aromatic nitrogens is 1. The summed E-state index contributed by atoms with van der Waals surface area (Å²) in [4.78, 5) is 0. The van der Waals surface area contributed by atoms with Crippen LogP contribution in [0, 0.1) is 5.82 Å². The molecule has 0 saturated heterocycles. The molecule has 3 aromatic rings. The van der Waals surface area contributed by atoms with E-state index in [4.69, 9.17) is 15.2 Å². The molecule has 0 radical (unpaired) electrons. The van der Waals surface area contributed by atoms with E-state index in [9.17, 15) is 4.39 Å². The fourth-order valence-corrected chi connectivity index (χ4v) is 3.72. The maximum absolute atomic E-state index is 14.7. The van der Waals surface area contributed by atoms with Gasteiger partial charge in [0, 0.05) is 11.6 Å². The van der Waals surface area contributed by atoms with E-state index in [1.807, 2.05) is 42.5 Å². The molecule has 28 heavy (non-hydrogen) atoms. The van der Waals surface area contributed by atoms with Crippen LogP contribution < -0.4 is 10.5 Å². The van der Waals surface area contributed by atoms with Crippen molar-refractivity contribution in [3.05, 3.63) is 77.9 Å². The van der Waals surface area contributed by atoms with E-state index in [2.05, 4.69) is 10.8 Å². The normalized spacial score (nSPS) is 16.3. The highest BCUT2D eigenvalue weighted by molar-refractivity contribution is 5.90. The summed E-state index contributed by atoms with van der Waals surface area (Å²) in [5.74, 6) is -0.0516. The van der Waals surface area contributed by atoms with Crippen LogP contribution in [0.25, 0.3) is 10.9 Å². The highest BCUT2D eigenvalue weighted by Crippen LogP contribution is 2.34. The quantitative estimate of drug-likeness (QED) is 0.654. The Labute approximate surface area is 164 Å². The molecule has 1 aliphatic heterocycles. The summed E-state index contributed by atoms with van der Waals surface area (Å²) >= 11 is 0. The van der Waals surface area contributed by atoms with Crippen molar-refractivity contribution in [1.82, 2.24) is 4.57 Å². The van der Waals surface area contributed by atoms with Crippen molar-refractivity contribution in [2.45, 2.75) is 38.5 Å². The van der Waals surface area contributed by atoms with Crippen molar-refractivity contribution >= 4 is 10.9 Å². The van der Waals surface area contributed by atoms with E-state index < -0.39 is 0 Å². The maximum Gasteiger partial charge on any atom is 0.165 e. The van der Waals surface area contributed by atoms with Crippen molar-refractivity contribution in [1.29, 1.82) is 0 Å². The van der Waals surface area contributed by atoms with E-state index in [-0.39, 0.29) is 11.9 Å². The Kier molecular flexibility index (Phi) is 5.63. The Morgan fingerprint density at radius 2 is 2.04 bits per heavy atom. The van der Waals surface area contributed by atoms with E-state index in [1.165, 1.54) is 6.07 Å². The van der Waals surface area contributed by atoms with Crippen LogP contribution in [0.2, 0.25) is 0 Å². The summed E-state index contributed by atoms with van der Waals surface area (Å²) in [5, 5.41) is 0.813. The van der Waals surface area contributed by atoms with Gasteiger partial charge in [-0.25, -0.2) is 4.39 Å². The monoisotopic (exact) mass is 380 g/mol. The molecule has 2 N–H and O–H groups in total. The average Bonchev–Trinajstić information content (AvgIpc) is 3.06. The minimum Gasteiger partial charge on any atom is -0.496 e. The molecule has 1 aromatic heterocycles. The Balaban J connectivity index is 1.69. The summed E-state index contributed by atoms with van der Waals surface area (Å²) in [6.45, 7) is 1.53. The standard InChI is InChI=1S/C23H25FN2O2/c24-20-9-10-21-22(23(20)28-16-17-6-2-1-3-7-17)18(11-12-25)14-26(21)15-19-8-4-5-13-27-19/h1-3,5-7,9-10,13-14,19H,4,8,11-12,15-16,25H2. The molecule has 0 bridgehead atoms. The van der Waals surface area contributed by atoms with Crippen LogP contribution in [-0.4, -0.2) is 17.2 Å². The first-order valence-electron chi connectivity index (χ1n) is 9.73. The first-order valence-corrected chi connectivity index (χ1v) is 9.73. The largest absolute Gasteiger partial charge is 0.496 e. The fourth-order valence-electron chi connectivity index (χ4n) is 3.72. The van der Waals surface area contributed by atoms with Gasteiger partial charge in [-0.15, -0.1) is 0 Å². The number of rotatable bonds is 7. The van der Waals surface area contributed by atoms with Gasteiger partial charge < -0.3 is 19.8 Å². The first kappa shape index (κ1) is 18.6. The van der Waals surface area contributed by atoms with E-state index in [0.29, 0.717) is 25.3 Å². The molecule has 146 valence electrons. The SMILES string of the molecule is NCCc1cn(CC2CCC=CO2)c2ccc(F)c(OCc3ccccc3)c12. The molecule has 1 unspecified atom stereocenters. The molecule has 1 aliphatic rings. The van der Waals surface area contributed by atoms with Crippen LogP contribution in [0.3, 0.4) is 0 Å². The summed E-state index contributed by atoms with van der Waals surface area (Å²) in [5.41, 5.74) is 8.78. The van der Waals surface area contributed by atoms with Crippen molar-refractivity contribution in [3.63, 3.8) is 0 Å². The van der Waals surface area contributed by atoms with Crippen molar-refractivity contribution < 1.29 is 13.9 Å². The molecule has 2 aromatic carbocycles. The molecule has 5 heteroatoms. The van der Waals surface area contributed by atoms with Gasteiger partial charge in [-0.1, -0.05) is 30.3 Å². The number of nitrogens with zero attached hydrogens (tertiary/aromatic N) is 1. The molecule has 0 saturated carbocycles. The molecule has 4 nitrogen and oxygen atoms in total. The Morgan fingerprint density at radius 1 is 1.18 bits per heavy atom. The lowest BCUT2D eigenvalue weighted by molar-refractivity contribution is 0.108. The number of halogens is 1. The molecular formula is C23H25FN2O2. The highest BCUT2D eigenvalue weighted by atomic mass is 19.1. The lowest BCUT2D eigenvalue weighted by Gasteiger charge is -2.20. The predicted octanol–water partition coefficient (Wildman–Crippen LogP) is 4.55. The second-order valence-electron chi connectivity index (χ2n) is 7.10. The third-order valence-electron chi connectivity index (χ3n) is 5.09. The Bertz CT molecular complexity index is 966.